The van der Waals surface area contributed by atoms with E-state index in [0.717, 1.165) is 18.1 Å². The van der Waals surface area contributed by atoms with Gasteiger partial charge in [-0.3, -0.25) is 4.79 Å². The lowest BCUT2D eigenvalue weighted by atomic mass is 10.0. The maximum atomic E-state index is 11.4. The van der Waals surface area contributed by atoms with Crippen molar-refractivity contribution in [3.8, 4) is 11.5 Å². The largest absolute Gasteiger partial charge is 0.508 e. The average Bonchev–Trinajstić information content (AvgIpc) is 2.74. The predicted octanol–water partition coefficient (Wildman–Crippen LogP) is 1.83. The Hall–Kier alpha value is -2.28. The van der Waals surface area contributed by atoms with Gasteiger partial charge in [0, 0.05) is 42.3 Å². The van der Waals surface area contributed by atoms with Crippen molar-refractivity contribution < 1.29 is 24.9 Å². The molecule has 6 nitrogen and oxygen atoms in total. The zero-order chi connectivity index (χ0) is 22.2. The monoisotopic (exact) mass is 447 g/mol. The number of halogens is 1. The molecule has 0 radical (unpaired) electrons. The Morgan fingerprint density at radius 1 is 1.26 bits per heavy atom. The van der Waals surface area contributed by atoms with Crippen molar-refractivity contribution in [1.29, 1.82) is 0 Å². The number of amides is 1. The number of aromatic hydroxyl groups is 1. The lowest BCUT2D eigenvalue weighted by Gasteiger charge is -2.28. The number of phenolic OH excluding ortho intramolecular Hbond substituents is 1. The van der Waals surface area contributed by atoms with Gasteiger partial charge in [-0.25, -0.2) is 0 Å². The fourth-order valence-electron chi connectivity index (χ4n) is 4.00. The minimum atomic E-state index is -0.165. The molecular formula is C24H34ClN3O3+2. The molecule has 2 aromatic rings. The van der Waals surface area contributed by atoms with Crippen molar-refractivity contribution in [3.63, 3.8) is 0 Å². The van der Waals surface area contributed by atoms with E-state index in [1.807, 2.05) is 12.1 Å². The van der Waals surface area contributed by atoms with Gasteiger partial charge < -0.3 is 25.4 Å². The summed E-state index contributed by atoms with van der Waals surface area (Å²) >= 11 is 5.98. The number of likely N-dealkylation sites (tertiary alicyclic amines) is 1. The summed E-state index contributed by atoms with van der Waals surface area (Å²) in [7, 11) is 0. The van der Waals surface area contributed by atoms with Gasteiger partial charge in [0.15, 0.2) is 0 Å². The van der Waals surface area contributed by atoms with E-state index in [9.17, 15) is 9.90 Å². The Balaban J connectivity index is 1.38. The van der Waals surface area contributed by atoms with E-state index in [1.54, 1.807) is 17.0 Å². The Morgan fingerprint density at radius 3 is 2.65 bits per heavy atom. The van der Waals surface area contributed by atoms with Crippen molar-refractivity contribution in [3.05, 3.63) is 53.1 Å². The normalized spacial score (nSPS) is 19.6. The number of anilines is 1. The number of ether oxygens (including phenoxy) is 1. The summed E-state index contributed by atoms with van der Waals surface area (Å²) in [6.45, 7) is 8.60. The molecule has 168 valence electrons. The number of carbonyl (C=O) groups excluding carboxylic acids is 1. The van der Waals surface area contributed by atoms with Gasteiger partial charge in [0.1, 0.15) is 18.0 Å². The number of hydrogen-bond acceptors (Lipinski definition) is 3. The standard InChI is InChI=1S/C24H32ClN3O3/c1-17(16-31-24-13-22(30)7-8-23(24)27-18(2)29)14-26-21-9-11-28(12-10-21)15-19-3-5-20(25)6-4-19/h3-8,13,17,21,26,30H,9-12,14-16H2,1-2H3,(H,27,29)/p+2. The SMILES string of the molecule is CC(=O)Nc1ccc(O)cc1OCC(C)C[NH2+]C1CC[NH+](Cc2ccc(Cl)cc2)CC1. The second-order valence-electron chi connectivity index (χ2n) is 8.64. The molecule has 1 atom stereocenters. The van der Waals surface area contributed by atoms with Crippen LogP contribution in [0.25, 0.3) is 0 Å². The van der Waals surface area contributed by atoms with Crippen LogP contribution in [0.15, 0.2) is 42.5 Å². The number of rotatable bonds is 9. The van der Waals surface area contributed by atoms with Gasteiger partial charge in [0.25, 0.3) is 0 Å². The van der Waals surface area contributed by atoms with Crippen LogP contribution in [0.1, 0.15) is 32.3 Å². The number of quaternary nitrogens is 2. The second-order valence-corrected chi connectivity index (χ2v) is 9.08. The highest BCUT2D eigenvalue weighted by Crippen LogP contribution is 2.29. The minimum Gasteiger partial charge on any atom is -0.508 e. The molecule has 1 heterocycles. The molecule has 1 unspecified atom stereocenters. The maximum absolute atomic E-state index is 11.4. The maximum Gasteiger partial charge on any atom is 0.221 e. The van der Waals surface area contributed by atoms with Gasteiger partial charge >= 0.3 is 0 Å². The first-order valence-corrected chi connectivity index (χ1v) is 11.4. The highest BCUT2D eigenvalue weighted by Gasteiger charge is 2.25. The Morgan fingerprint density at radius 2 is 1.97 bits per heavy atom. The van der Waals surface area contributed by atoms with Crippen LogP contribution >= 0.6 is 11.6 Å². The summed E-state index contributed by atoms with van der Waals surface area (Å²) in [6, 6.07) is 13.6. The van der Waals surface area contributed by atoms with Crippen LogP contribution in [0.5, 0.6) is 11.5 Å². The van der Waals surface area contributed by atoms with E-state index >= 15 is 0 Å². The van der Waals surface area contributed by atoms with Crippen LogP contribution in [0.4, 0.5) is 5.69 Å². The third-order valence-corrected chi connectivity index (χ3v) is 6.03. The van der Waals surface area contributed by atoms with Gasteiger partial charge in [-0.05, 0) is 24.3 Å². The van der Waals surface area contributed by atoms with Gasteiger partial charge in [0.2, 0.25) is 5.91 Å². The fourth-order valence-corrected chi connectivity index (χ4v) is 4.13. The molecular weight excluding hydrogens is 414 g/mol. The summed E-state index contributed by atoms with van der Waals surface area (Å²) in [5.41, 5.74) is 1.93. The smallest absolute Gasteiger partial charge is 0.221 e. The van der Waals surface area contributed by atoms with Gasteiger partial charge in [-0.2, -0.15) is 0 Å². The number of hydrogen-bond donors (Lipinski definition) is 4. The molecule has 5 N–H and O–H groups in total. The Labute approximate surface area is 189 Å². The predicted molar refractivity (Wildman–Crippen MR) is 123 cm³/mol. The number of phenols is 1. The molecule has 1 saturated heterocycles. The highest BCUT2D eigenvalue weighted by atomic mass is 35.5. The van der Waals surface area contributed by atoms with E-state index in [-0.39, 0.29) is 11.7 Å². The highest BCUT2D eigenvalue weighted by molar-refractivity contribution is 6.30. The molecule has 7 heteroatoms. The summed E-state index contributed by atoms with van der Waals surface area (Å²) in [5.74, 6) is 0.811. The van der Waals surface area contributed by atoms with Gasteiger partial charge in [0.05, 0.1) is 38.0 Å². The topological polar surface area (TPSA) is 79.6 Å². The summed E-state index contributed by atoms with van der Waals surface area (Å²) in [4.78, 5) is 13.0. The number of nitrogens with one attached hydrogen (secondary N) is 2. The Bertz CT molecular complexity index is 852. The summed E-state index contributed by atoms with van der Waals surface area (Å²) < 4.78 is 5.90. The fraction of sp³-hybridized carbons (Fsp3) is 0.458. The molecule has 1 fully saturated rings. The van der Waals surface area contributed by atoms with Gasteiger partial charge in [-0.1, -0.05) is 30.7 Å². The second kappa shape index (κ2) is 11.4. The molecule has 0 bridgehead atoms. The number of carbonyl (C=O) groups is 1. The minimum absolute atomic E-state index is 0.121. The molecule has 1 amide bonds. The number of nitrogens with two attached hydrogens (primary N) is 1. The lowest BCUT2D eigenvalue weighted by molar-refractivity contribution is -0.926. The molecule has 0 aliphatic carbocycles. The first kappa shape index (κ1) is 23.4. The van der Waals surface area contributed by atoms with Crippen molar-refractivity contribution in [2.24, 2.45) is 5.92 Å². The zero-order valence-corrected chi connectivity index (χ0v) is 19.1. The van der Waals surface area contributed by atoms with E-state index in [4.69, 9.17) is 16.3 Å². The first-order valence-electron chi connectivity index (χ1n) is 11.0. The Kier molecular flexibility index (Phi) is 8.58. The van der Waals surface area contributed by atoms with E-state index in [2.05, 4.69) is 29.7 Å². The quantitative estimate of drug-likeness (QED) is 0.443. The van der Waals surface area contributed by atoms with Crippen LogP contribution in [0.2, 0.25) is 5.02 Å². The third kappa shape index (κ3) is 7.73. The molecule has 2 aromatic carbocycles. The van der Waals surface area contributed by atoms with Gasteiger partial charge in [-0.15, -0.1) is 0 Å². The summed E-state index contributed by atoms with van der Waals surface area (Å²) in [5, 5.41) is 15.7. The van der Waals surface area contributed by atoms with Crippen LogP contribution in [0.3, 0.4) is 0 Å². The molecule has 0 aromatic heterocycles. The molecule has 3 rings (SSSR count). The number of piperidine rings is 1. The summed E-state index contributed by atoms with van der Waals surface area (Å²) in [6.07, 6.45) is 2.44. The molecule has 1 aliphatic rings. The molecule has 0 saturated carbocycles. The van der Waals surface area contributed by atoms with Crippen molar-refractivity contribution >= 4 is 23.2 Å². The molecule has 0 spiro atoms. The van der Waals surface area contributed by atoms with Crippen molar-refractivity contribution in [2.45, 2.75) is 39.3 Å². The zero-order valence-electron chi connectivity index (χ0n) is 18.4. The molecule has 31 heavy (non-hydrogen) atoms. The third-order valence-electron chi connectivity index (χ3n) is 5.78. The van der Waals surface area contributed by atoms with Crippen molar-refractivity contribution in [1.82, 2.24) is 0 Å². The number of benzene rings is 2. The lowest BCUT2D eigenvalue weighted by Crippen LogP contribution is -3.13. The van der Waals surface area contributed by atoms with Crippen LogP contribution in [-0.2, 0) is 11.3 Å². The van der Waals surface area contributed by atoms with E-state index in [1.165, 1.54) is 44.5 Å². The van der Waals surface area contributed by atoms with E-state index < -0.39 is 0 Å². The first-order chi connectivity index (χ1) is 14.9. The van der Waals surface area contributed by atoms with Crippen LogP contribution < -0.4 is 20.3 Å². The van der Waals surface area contributed by atoms with E-state index in [0.29, 0.717) is 30.0 Å². The average molecular weight is 448 g/mol. The van der Waals surface area contributed by atoms with Crippen LogP contribution in [0, 0.1) is 5.92 Å². The van der Waals surface area contributed by atoms with Crippen molar-refractivity contribution in [2.75, 3.05) is 31.6 Å². The molecule has 1 aliphatic heterocycles. The van der Waals surface area contributed by atoms with Crippen LogP contribution in [-0.4, -0.2) is 43.3 Å².